The topological polar surface area (TPSA) is 68.7 Å². The van der Waals surface area contributed by atoms with Crippen molar-refractivity contribution >= 4 is 22.9 Å². The standard InChI is InChI=1S/C19H21N3O/c1-13-6-2-4-8-17(13)22-19(23)14(11-20)10-15-12-21-18-9-5-3-7-16(15)18/h3,5,7,9-10,12-13,17,21H,2,4,6,8H2,1H3,(H,22,23)/b14-10+/t13-,17-/m0/s1. The molecule has 1 aromatic heterocycles. The van der Waals surface area contributed by atoms with Crippen LogP contribution in [0.25, 0.3) is 17.0 Å². The lowest BCUT2D eigenvalue weighted by Crippen LogP contribution is -2.41. The molecule has 1 fully saturated rings. The number of hydrogen-bond acceptors (Lipinski definition) is 2. The van der Waals surface area contributed by atoms with Crippen molar-refractivity contribution in [3.05, 3.63) is 41.6 Å². The van der Waals surface area contributed by atoms with Gasteiger partial charge in [-0.15, -0.1) is 0 Å². The third-order valence-electron chi connectivity index (χ3n) is 4.71. The lowest BCUT2D eigenvalue weighted by molar-refractivity contribution is -0.118. The maximum atomic E-state index is 12.4. The molecule has 1 aliphatic carbocycles. The molecule has 0 radical (unpaired) electrons. The number of amides is 1. The Labute approximate surface area is 136 Å². The Bertz CT molecular complexity index is 781. The lowest BCUT2D eigenvalue weighted by atomic mass is 9.86. The number of benzene rings is 1. The van der Waals surface area contributed by atoms with Crippen molar-refractivity contribution in [2.45, 2.75) is 38.6 Å². The molecule has 0 bridgehead atoms. The number of nitriles is 1. The van der Waals surface area contributed by atoms with E-state index >= 15 is 0 Å². The van der Waals surface area contributed by atoms with E-state index in [0.29, 0.717) is 5.92 Å². The number of rotatable bonds is 3. The van der Waals surface area contributed by atoms with Crippen LogP contribution in [0, 0.1) is 17.2 Å². The number of aromatic amines is 1. The molecular weight excluding hydrogens is 286 g/mol. The molecule has 2 N–H and O–H groups in total. The minimum atomic E-state index is -0.267. The van der Waals surface area contributed by atoms with E-state index in [0.717, 1.165) is 35.7 Å². The molecule has 1 saturated carbocycles. The summed E-state index contributed by atoms with van der Waals surface area (Å²) < 4.78 is 0. The number of H-pyrrole nitrogens is 1. The highest BCUT2D eigenvalue weighted by atomic mass is 16.1. The van der Waals surface area contributed by atoms with Gasteiger partial charge < -0.3 is 10.3 Å². The van der Waals surface area contributed by atoms with E-state index in [2.05, 4.69) is 17.2 Å². The van der Waals surface area contributed by atoms with Gasteiger partial charge in [0.25, 0.3) is 5.91 Å². The van der Waals surface area contributed by atoms with Crippen molar-refractivity contribution in [1.29, 1.82) is 5.26 Å². The maximum Gasteiger partial charge on any atom is 0.262 e. The van der Waals surface area contributed by atoms with Gasteiger partial charge in [0.1, 0.15) is 11.6 Å². The Morgan fingerprint density at radius 3 is 2.91 bits per heavy atom. The predicted octanol–water partition coefficient (Wildman–Crippen LogP) is 3.77. The summed E-state index contributed by atoms with van der Waals surface area (Å²) in [4.78, 5) is 15.6. The smallest absolute Gasteiger partial charge is 0.262 e. The van der Waals surface area contributed by atoms with Gasteiger partial charge in [0.2, 0.25) is 0 Å². The normalized spacial score (nSPS) is 21.8. The number of para-hydroxylation sites is 1. The summed E-state index contributed by atoms with van der Waals surface area (Å²) in [6, 6.07) is 10.1. The minimum absolute atomic E-state index is 0.160. The molecule has 3 rings (SSSR count). The summed E-state index contributed by atoms with van der Waals surface area (Å²) >= 11 is 0. The molecule has 1 aromatic carbocycles. The summed E-state index contributed by atoms with van der Waals surface area (Å²) in [6.07, 6.45) is 8.00. The number of nitrogens with zero attached hydrogens (tertiary/aromatic N) is 1. The molecule has 0 unspecified atom stereocenters. The van der Waals surface area contributed by atoms with E-state index in [9.17, 15) is 10.1 Å². The van der Waals surface area contributed by atoms with Gasteiger partial charge in [0.15, 0.2) is 0 Å². The summed E-state index contributed by atoms with van der Waals surface area (Å²) in [5.41, 5.74) is 2.02. The zero-order chi connectivity index (χ0) is 16.2. The van der Waals surface area contributed by atoms with E-state index in [4.69, 9.17) is 0 Å². The van der Waals surface area contributed by atoms with E-state index in [-0.39, 0.29) is 17.5 Å². The average Bonchev–Trinajstić information content (AvgIpc) is 2.97. The molecule has 2 atom stereocenters. The summed E-state index contributed by atoms with van der Waals surface area (Å²) in [5.74, 6) is 0.206. The van der Waals surface area contributed by atoms with E-state index in [1.807, 2.05) is 36.5 Å². The molecule has 0 saturated heterocycles. The van der Waals surface area contributed by atoms with Crippen LogP contribution in [0.3, 0.4) is 0 Å². The molecule has 118 valence electrons. The molecule has 4 nitrogen and oxygen atoms in total. The van der Waals surface area contributed by atoms with Gasteiger partial charge in [-0.2, -0.15) is 5.26 Å². The van der Waals surface area contributed by atoms with Crippen LogP contribution < -0.4 is 5.32 Å². The Morgan fingerprint density at radius 1 is 1.35 bits per heavy atom. The first-order chi connectivity index (χ1) is 11.2. The minimum Gasteiger partial charge on any atom is -0.361 e. The first kappa shape index (κ1) is 15.4. The van der Waals surface area contributed by atoms with Gasteiger partial charge in [-0.3, -0.25) is 4.79 Å². The number of hydrogen-bond donors (Lipinski definition) is 2. The van der Waals surface area contributed by atoms with Crippen LogP contribution in [0.1, 0.15) is 38.2 Å². The molecule has 1 aliphatic rings. The molecule has 4 heteroatoms. The van der Waals surface area contributed by atoms with Crippen molar-refractivity contribution in [2.24, 2.45) is 5.92 Å². The van der Waals surface area contributed by atoms with E-state index in [1.54, 1.807) is 6.08 Å². The van der Waals surface area contributed by atoms with Gasteiger partial charge in [-0.1, -0.05) is 38.0 Å². The van der Waals surface area contributed by atoms with Crippen LogP contribution in [-0.4, -0.2) is 16.9 Å². The monoisotopic (exact) mass is 307 g/mol. The second-order valence-electron chi connectivity index (χ2n) is 6.30. The zero-order valence-electron chi connectivity index (χ0n) is 13.3. The van der Waals surface area contributed by atoms with Crippen molar-refractivity contribution in [2.75, 3.05) is 0 Å². The van der Waals surface area contributed by atoms with E-state index in [1.165, 1.54) is 6.42 Å². The molecular formula is C19H21N3O. The predicted molar refractivity (Wildman–Crippen MR) is 91.5 cm³/mol. The van der Waals surface area contributed by atoms with Gasteiger partial charge in [0, 0.05) is 28.7 Å². The number of aromatic nitrogens is 1. The largest absolute Gasteiger partial charge is 0.361 e. The second-order valence-corrected chi connectivity index (χ2v) is 6.30. The fraction of sp³-hybridized carbons (Fsp3) is 0.368. The molecule has 1 amide bonds. The number of carbonyl (C=O) groups is 1. The fourth-order valence-electron chi connectivity index (χ4n) is 3.29. The lowest BCUT2D eigenvalue weighted by Gasteiger charge is -2.29. The van der Waals surface area contributed by atoms with Crippen LogP contribution in [0.4, 0.5) is 0 Å². The number of nitrogens with one attached hydrogen (secondary N) is 2. The van der Waals surface area contributed by atoms with Crippen molar-refractivity contribution in [3.63, 3.8) is 0 Å². The third-order valence-corrected chi connectivity index (χ3v) is 4.71. The third kappa shape index (κ3) is 3.29. The van der Waals surface area contributed by atoms with Crippen LogP contribution >= 0.6 is 0 Å². The van der Waals surface area contributed by atoms with E-state index < -0.39 is 0 Å². The fourth-order valence-corrected chi connectivity index (χ4v) is 3.29. The molecule has 23 heavy (non-hydrogen) atoms. The second kappa shape index (κ2) is 6.70. The first-order valence-electron chi connectivity index (χ1n) is 8.18. The molecule has 2 aromatic rings. The van der Waals surface area contributed by atoms with Gasteiger partial charge in [-0.25, -0.2) is 0 Å². The van der Waals surface area contributed by atoms with Gasteiger partial charge in [0.05, 0.1) is 0 Å². The molecule has 1 heterocycles. The number of carbonyl (C=O) groups excluding carboxylic acids is 1. The Kier molecular flexibility index (Phi) is 4.47. The van der Waals surface area contributed by atoms with Crippen LogP contribution in [0.5, 0.6) is 0 Å². The highest BCUT2D eigenvalue weighted by molar-refractivity contribution is 6.04. The average molecular weight is 307 g/mol. The van der Waals surface area contributed by atoms with Crippen molar-refractivity contribution in [3.8, 4) is 6.07 Å². The highest BCUT2D eigenvalue weighted by Crippen LogP contribution is 2.24. The van der Waals surface area contributed by atoms with Crippen LogP contribution in [0.2, 0.25) is 0 Å². The number of fused-ring (bicyclic) bond motifs is 1. The first-order valence-corrected chi connectivity index (χ1v) is 8.18. The summed E-state index contributed by atoms with van der Waals surface area (Å²) in [6.45, 7) is 2.17. The van der Waals surface area contributed by atoms with Gasteiger partial charge >= 0.3 is 0 Å². The van der Waals surface area contributed by atoms with Crippen molar-refractivity contribution < 1.29 is 4.79 Å². The molecule has 0 aliphatic heterocycles. The summed E-state index contributed by atoms with van der Waals surface area (Å²) in [7, 11) is 0. The van der Waals surface area contributed by atoms with Crippen LogP contribution in [0.15, 0.2) is 36.0 Å². The van der Waals surface area contributed by atoms with Crippen LogP contribution in [-0.2, 0) is 4.79 Å². The summed E-state index contributed by atoms with van der Waals surface area (Å²) in [5, 5.41) is 13.4. The quantitative estimate of drug-likeness (QED) is 0.669. The van der Waals surface area contributed by atoms with Gasteiger partial charge in [-0.05, 0) is 30.9 Å². The Morgan fingerprint density at radius 2 is 2.13 bits per heavy atom. The zero-order valence-corrected chi connectivity index (χ0v) is 13.3. The Hall–Kier alpha value is -2.54. The molecule has 0 spiro atoms. The maximum absolute atomic E-state index is 12.4. The Balaban J connectivity index is 1.81. The van der Waals surface area contributed by atoms with Crippen molar-refractivity contribution in [1.82, 2.24) is 10.3 Å². The highest BCUT2D eigenvalue weighted by Gasteiger charge is 2.24. The SMILES string of the molecule is C[C@H]1CCCC[C@@H]1NC(=O)/C(C#N)=C/c1c[nH]c2ccccc12.